The summed E-state index contributed by atoms with van der Waals surface area (Å²) in [4.78, 5) is 0. The standard InChI is InChI=1S/C24H25ClF3NO2/c1-15-2-3-17(16-4-6-18(25)7-5-16)12-20(15)21-13-29-23(22(21)30)10-8-19(9-11-23)31-14-24(26,27)28/h2-7,12,19,29-30H,8-11,13-14H2,1H3. The number of aliphatic hydroxyl groups is 1. The number of benzene rings is 2. The monoisotopic (exact) mass is 451 g/mol. The summed E-state index contributed by atoms with van der Waals surface area (Å²) in [5, 5.41) is 15.3. The summed E-state index contributed by atoms with van der Waals surface area (Å²) in [6, 6.07) is 13.8. The van der Waals surface area contributed by atoms with Gasteiger partial charge in [-0.05, 0) is 73.1 Å². The van der Waals surface area contributed by atoms with Crippen LogP contribution >= 0.6 is 11.6 Å². The minimum atomic E-state index is -4.32. The Hall–Kier alpha value is -2.02. The Morgan fingerprint density at radius 3 is 2.39 bits per heavy atom. The molecule has 4 rings (SSSR count). The normalized spacial score (nSPS) is 24.2. The molecule has 31 heavy (non-hydrogen) atoms. The van der Waals surface area contributed by atoms with Gasteiger partial charge in [0.05, 0.1) is 11.6 Å². The molecular formula is C24H25ClF3NO2. The molecule has 2 N–H and O–H groups in total. The molecule has 0 amide bonds. The molecule has 0 radical (unpaired) electrons. The number of halogens is 4. The van der Waals surface area contributed by atoms with Crippen LogP contribution < -0.4 is 5.32 Å². The van der Waals surface area contributed by atoms with E-state index in [-0.39, 0.29) is 0 Å². The maximum absolute atomic E-state index is 12.4. The summed E-state index contributed by atoms with van der Waals surface area (Å²) in [6.45, 7) is 1.31. The van der Waals surface area contributed by atoms with Gasteiger partial charge in [0.1, 0.15) is 12.4 Å². The minimum Gasteiger partial charge on any atom is -0.510 e. The molecule has 0 unspecified atom stereocenters. The summed E-state index contributed by atoms with van der Waals surface area (Å²) in [5.74, 6) is 0.304. The van der Waals surface area contributed by atoms with Crippen LogP contribution in [0.25, 0.3) is 16.7 Å². The van der Waals surface area contributed by atoms with Crippen LogP contribution in [-0.4, -0.2) is 36.1 Å². The molecular weight excluding hydrogens is 427 g/mol. The van der Waals surface area contributed by atoms with Crippen LogP contribution in [0.2, 0.25) is 5.02 Å². The van der Waals surface area contributed by atoms with Crippen molar-refractivity contribution >= 4 is 17.2 Å². The van der Waals surface area contributed by atoms with Crippen LogP contribution in [0.4, 0.5) is 13.2 Å². The van der Waals surface area contributed by atoms with E-state index in [2.05, 4.69) is 11.4 Å². The van der Waals surface area contributed by atoms with Crippen molar-refractivity contribution < 1.29 is 23.0 Å². The quantitative estimate of drug-likeness (QED) is 0.561. The number of rotatable bonds is 4. The van der Waals surface area contributed by atoms with E-state index in [1.807, 2.05) is 43.3 Å². The molecule has 0 aromatic heterocycles. The maximum atomic E-state index is 12.4. The Kier molecular flexibility index (Phi) is 6.08. The Morgan fingerprint density at radius 1 is 1.10 bits per heavy atom. The highest BCUT2D eigenvalue weighted by molar-refractivity contribution is 6.30. The van der Waals surface area contributed by atoms with Gasteiger partial charge in [-0.25, -0.2) is 0 Å². The second kappa shape index (κ2) is 8.49. The van der Waals surface area contributed by atoms with Crippen LogP contribution in [0.5, 0.6) is 0 Å². The SMILES string of the molecule is Cc1ccc(-c2ccc(Cl)cc2)cc1C1=C(O)C2(CCC(OCC(F)(F)F)CC2)NC1. The Morgan fingerprint density at radius 2 is 1.74 bits per heavy atom. The van der Waals surface area contributed by atoms with E-state index < -0.39 is 24.4 Å². The topological polar surface area (TPSA) is 41.5 Å². The number of hydrogen-bond donors (Lipinski definition) is 2. The maximum Gasteiger partial charge on any atom is 0.411 e. The summed E-state index contributed by atoms with van der Waals surface area (Å²) >= 11 is 6.00. The lowest BCUT2D eigenvalue weighted by Gasteiger charge is -2.37. The summed E-state index contributed by atoms with van der Waals surface area (Å²) in [7, 11) is 0. The molecule has 2 aromatic carbocycles. The first-order valence-electron chi connectivity index (χ1n) is 10.4. The van der Waals surface area contributed by atoms with E-state index in [1.165, 1.54) is 0 Å². The summed E-state index contributed by atoms with van der Waals surface area (Å²) < 4.78 is 42.3. The largest absolute Gasteiger partial charge is 0.510 e. The molecule has 0 bridgehead atoms. The van der Waals surface area contributed by atoms with Crippen molar-refractivity contribution in [3.63, 3.8) is 0 Å². The zero-order valence-corrected chi connectivity index (χ0v) is 18.0. The third-order valence-electron chi connectivity index (χ3n) is 6.35. The second-order valence-corrected chi connectivity index (χ2v) is 8.86. The first-order chi connectivity index (χ1) is 14.7. The van der Waals surface area contributed by atoms with Gasteiger partial charge in [0.15, 0.2) is 0 Å². The fourth-order valence-electron chi connectivity index (χ4n) is 4.58. The van der Waals surface area contributed by atoms with Gasteiger partial charge in [0, 0.05) is 17.1 Å². The highest BCUT2D eigenvalue weighted by atomic mass is 35.5. The minimum absolute atomic E-state index is 0.304. The number of aliphatic hydroxyl groups excluding tert-OH is 1. The van der Waals surface area contributed by atoms with E-state index >= 15 is 0 Å². The lowest BCUT2D eigenvalue weighted by molar-refractivity contribution is -0.188. The smallest absolute Gasteiger partial charge is 0.411 e. The fraction of sp³-hybridized carbons (Fsp3) is 0.417. The molecule has 1 fully saturated rings. The molecule has 2 aromatic rings. The Bertz CT molecular complexity index is 977. The van der Waals surface area contributed by atoms with E-state index in [4.69, 9.17) is 16.3 Å². The van der Waals surface area contributed by atoms with E-state index in [0.29, 0.717) is 43.0 Å². The van der Waals surface area contributed by atoms with E-state index in [1.54, 1.807) is 0 Å². The summed E-state index contributed by atoms with van der Waals surface area (Å²) in [5.41, 5.74) is 4.36. The molecule has 0 atom stereocenters. The number of alkyl halides is 3. The van der Waals surface area contributed by atoms with Crippen LogP contribution in [0.3, 0.4) is 0 Å². The van der Waals surface area contributed by atoms with Gasteiger partial charge < -0.3 is 15.2 Å². The van der Waals surface area contributed by atoms with Crippen molar-refractivity contribution in [2.24, 2.45) is 0 Å². The van der Waals surface area contributed by atoms with Crippen LogP contribution in [0, 0.1) is 6.92 Å². The number of aryl methyl sites for hydroxylation is 1. The van der Waals surface area contributed by atoms with Gasteiger partial charge in [0.2, 0.25) is 0 Å². The van der Waals surface area contributed by atoms with Gasteiger partial charge in [-0.3, -0.25) is 0 Å². The molecule has 1 heterocycles. The van der Waals surface area contributed by atoms with Crippen molar-refractivity contribution in [3.05, 3.63) is 64.4 Å². The van der Waals surface area contributed by atoms with Crippen molar-refractivity contribution in [2.75, 3.05) is 13.2 Å². The Labute approximate surface area is 184 Å². The van der Waals surface area contributed by atoms with Gasteiger partial charge in [-0.2, -0.15) is 13.2 Å². The molecule has 166 valence electrons. The van der Waals surface area contributed by atoms with Gasteiger partial charge in [0.25, 0.3) is 0 Å². The predicted octanol–water partition coefficient (Wildman–Crippen LogP) is 6.45. The molecule has 1 spiro atoms. The number of nitrogens with one attached hydrogen (secondary N) is 1. The summed E-state index contributed by atoms with van der Waals surface area (Å²) in [6.07, 6.45) is -2.71. The van der Waals surface area contributed by atoms with Gasteiger partial charge >= 0.3 is 6.18 Å². The average Bonchev–Trinajstić information content (AvgIpc) is 3.04. The molecule has 2 aliphatic rings. The predicted molar refractivity (Wildman–Crippen MR) is 116 cm³/mol. The first kappa shape index (κ1) is 22.2. The molecule has 7 heteroatoms. The first-order valence-corrected chi connectivity index (χ1v) is 10.8. The lowest BCUT2D eigenvalue weighted by Crippen LogP contribution is -2.47. The van der Waals surface area contributed by atoms with Gasteiger partial charge in [-0.15, -0.1) is 0 Å². The zero-order valence-electron chi connectivity index (χ0n) is 17.2. The molecule has 3 nitrogen and oxygen atoms in total. The van der Waals surface area contributed by atoms with E-state index in [0.717, 1.165) is 27.8 Å². The average molecular weight is 452 g/mol. The van der Waals surface area contributed by atoms with E-state index in [9.17, 15) is 18.3 Å². The zero-order chi connectivity index (χ0) is 22.2. The molecule has 0 saturated heterocycles. The molecule has 1 aliphatic heterocycles. The van der Waals surface area contributed by atoms with Crippen molar-refractivity contribution in [3.8, 4) is 11.1 Å². The van der Waals surface area contributed by atoms with Crippen LogP contribution in [0.1, 0.15) is 36.8 Å². The fourth-order valence-corrected chi connectivity index (χ4v) is 4.71. The van der Waals surface area contributed by atoms with Crippen molar-refractivity contribution in [1.82, 2.24) is 5.32 Å². The lowest BCUT2D eigenvalue weighted by atomic mass is 9.79. The second-order valence-electron chi connectivity index (χ2n) is 8.42. The van der Waals surface area contributed by atoms with Crippen LogP contribution in [-0.2, 0) is 4.74 Å². The third kappa shape index (κ3) is 4.76. The molecule has 1 saturated carbocycles. The van der Waals surface area contributed by atoms with Crippen LogP contribution in [0.15, 0.2) is 48.2 Å². The third-order valence-corrected chi connectivity index (χ3v) is 6.60. The van der Waals surface area contributed by atoms with Crippen molar-refractivity contribution in [2.45, 2.75) is 50.4 Å². The Balaban J connectivity index is 1.54. The number of hydrogen-bond acceptors (Lipinski definition) is 3. The van der Waals surface area contributed by atoms with Crippen molar-refractivity contribution in [1.29, 1.82) is 0 Å². The highest BCUT2D eigenvalue weighted by Gasteiger charge is 2.44. The highest BCUT2D eigenvalue weighted by Crippen LogP contribution is 2.42. The van der Waals surface area contributed by atoms with Gasteiger partial charge in [-0.1, -0.05) is 35.9 Å². The number of ether oxygens (including phenoxy) is 1. The molecule has 1 aliphatic carbocycles.